The molecule has 3 aromatic rings. The molecule has 160 valence electrons. The summed E-state index contributed by atoms with van der Waals surface area (Å²) < 4.78 is 5.32. The average molecular weight is 453 g/mol. The Balaban J connectivity index is 1.53. The molecule has 6 nitrogen and oxygen atoms in total. The molecule has 2 N–H and O–H groups in total. The zero-order valence-corrected chi connectivity index (χ0v) is 19.0. The number of nitrogens with zero attached hydrogens (tertiary/aromatic N) is 2. The molecular weight excluding hydrogens is 428 g/mol. The fourth-order valence-electron chi connectivity index (χ4n) is 3.80. The number of nitrogens with one attached hydrogen (secondary N) is 2. The van der Waals surface area contributed by atoms with Gasteiger partial charge < -0.3 is 20.3 Å². The van der Waals surface area contributed by atoms with Gasteiger partial charge in [0.05, 0.1) is 30.6 Å². The van der Waals surface area contributed by atoms with Crippen LogP contribution in [-0.2, 0) is 4.79 Å². The number of aryl methyl sites for hydroxylation is 1. The second-order valence-corrected chi connectivity index (χ2v) is 8.62. The number of aromatic nitrogens is 1. The number of methoxy groups -OCH3 is 1. The van der Waals surface area contributed by atoms with Gasteiger partial charge in [0.2, 0.25) is 5.91 Å². The highest BCUT2D eigenvalue weighted by atomic mass is 32.1. The summed E-state index contributed by atoms with van der Waals surface area (Å²) in [4.78, 5) is 20.6. The molecule has 1 aromatic carbocycles. The Morgan fingerprint density at radius 1 is 1.26 bits per heavy atom. The van der Waals surface area contributed by atoms with Crippen molar-refractivity contribution in [2.45, 2.75) is 25.4 Å². The lowest BCUT2D eigenvalue weighted by Gasteiger charge is -2.27. The van der Waals surface area contributed by atoms with Gasteiger partial charge in [-0.1, -0.05) is 18.2 Å². The van der Waals surface area contributed by atoms with Crippen LogP contribution in [0.3, 0.4) is 0 Å². The second-order valence-electron chi connectivity index (χ2n) is 7.29. The van der Waals surface area contributed by atoms with E-state index in [1.807, 2.05) is 42.5 Å². The third-order valence-corrected chi connectivity index (χ3v) is 6.77. The third kappa shape index (κ3) is 4.55. The molecule has 3 heterocycles. The predicted octanol–water partition coefficient (Wildman–Crippen LogP) is 4.46. The molecule has 1 aliphatic rings. The van der Waals surface area contributed by atoms with E-state index < -0.39 is 0 Å². The van der Waals surface area contributed by atoms with Crippen molar-refractivity contribution in [2.75, 3.05) is 19.0 Å². The number of carbonyl (C=O) groups excluding carboxylic acids is 1. The van der Waals surface area contributed by atoms with E-state index >= 15 is 0 Å². The number of rotatable bonds is 7. The van der Waals surface area contributed by atoms with Gasteiger partial charge in [-0.25, -0.2) is 0 Å². The van der Waals surface area contributed by atoms with Crippen molar-refractivity contribution < 1.29 is 9.53 Å². The second kappa shape index (κ2) is 9.45. The van der Waals surface area contributed by atoms with Gasteiger partial charge in [-0.15, -0.1) is 11.3 Å². The van der Waals surface area contributed by atoms with Crippen molar-refractivity contribution in [3.8, 4) is 5.75 Å². The summed E-state index contributed by atoms with van der Waals surface area (Å²) in [5, 5.41) is 9.10. The monoisotopic (exact) mass is 452 g/mol. The van der Waals surface area contributed by atoms with Crippen LogP contribution in [0.5, 0.6) is 5.75 Å². The SMILES string of the molecule is COc1ccccc1NC(=O)CCN1C(=S)N[C@H](c2ccccn2)[C@@H]1c1sccc1C. The number of thiophene rings is 1. The molecular formula is C23H24N4O2S2. The first-order valence-corrected chi connectivity index (χ1v) is 11.3. The third-order valence-electron chi connectivity index (χ3n) is 5.33. The lowest BCUT2D eigenvalue weighted by Crippen LogP contribution is -2.32. The number of thiocarbonyl (C=S) groups is 1. The van der Waals surface area contributed by atoms with E-state index in [0.29, 0.717) is 29.5 Å². The van der Waals surface area contributed by atoms with Crippen LogP contribution in [0.25, 0.3) is 0 Å². The standard InChI is InChI=1S/C23H24N4O2S2/c1-15-11-14-31-22(15)21-20(17-8-5-6-12-24-17)26-23(30)27(21)13-10-19(28)25-16-7-3-4-9-18(16)29-2/h3-9,11-12,14,20-21H,10,13H2,1-2H3,(H,25,28)(H,26,30)/t20-,21-/m1/s1. The summed E-state index contributed by atoms with van der Waals surface area (Å²) in [5.74, 6) is 0.548. The van der Waals surface area contributed by atoms with Gasteiger partial charge >= 0.3 is 0 Å². The number of pyridine rings is 1. The van der Waals surface area contributed by atoms with Crippen molar-refractivity contribution in [3.63, 3.8) is 0 Å². The minimum Gasteiger partial charge on any atom is -0.495 e. The highest BCUT2D eigenvalue weighted by molar-refractivity contribution is 7.80. The first-order valence-electron chi connectivity index (χ1n) is 10.0. The quantitative estimate of drug-likeness (QED) is 0.516. The predicted molar refractivity (Wildman–Crippen MR) is 127 cm³/mol. The van der Waals surface area contributed by atoms with Gasteiger partial charge in [-0.2, -0.15) is 0 Å². The summed E-state index contributed by atoms with van der Waals surface area (Å²) in [6, 6.07) is 15.3. The number of para-hydroxylation sites is 2. The number of amides is 1. The molecule has 2 atom stereocenters. The maximum Gasteiger partial charge on any atom is 0.226 e. The van der Waals surface area contributed by atoms with Crippen molar-refractivity contribution in [3.05, 3.63) is 76.2 Å². The van der Waals surface area contributed by atoms with E-state index in [1.54, 1.807) is 24.6 Å². The first-order chi connectivity index (χ1) is 15.1. The molecule has 1 aliphatic heterocycles. The Morgan fingerprint density at radius 3 is 2.77 bits per heavy atom. The summed E-state index contributed by atoms with van der Waals surface area (Å²) >= 11 is 7.38. The average Bonchev–Trinajstić information content (AvgIpc) is 3.35. The Bertz CT molecular complexity index is 1070. The summed E-state index contributed by atoms with van der Waals surface area (Å²) in [6.45, 7) is 2.60. The van der Waals surface area contributed by atoms with Crippen LogP contribution in [0.1, 0.15) is 34.6 Å². The maximum atomic E-state index is 12.7. The van der Waals surface area contributed by atoms with E-state index in [9.17, 15) is 4.79 Å². The highest BCUT2D eigenvalue weighted by Crippen LogP contribution is 2.42. The van der Waals surface area contributed by atoms with Crippen LogP contribution in [-0.4, -0.2) is 34.6 Å². The molecule has 8 heteroatoms. The Hall–Kier alpha value is -2.97. The van der Waals surface area contributed by atoms with E-state index in [0.717, 1.165) is 5.69 Å². The number of hydrogen-bond acceptors (Lipinski definition) is 5. The molecule has 0 bridgehead atoms. The van der Waals surface area contributed by atoms with Gasteiger partial charge in [0.1, 0.15) is 5.75 Å². The van der Waals surface area contributed by atoms with E-state index in [2.05, 4.69) is 38.9 Å². The van der Waals surface area contributed by atoms with Gasteiger partial charge in [-0.3, -0.25) is 9.78 Å². The minimum atomic E-state index is -0.0877. The first kappa shape index (κ1) is 21.3. The van der Waals surface area contributed by atoms with Gasteiger partial charge in [0, 0.05) is 24.0 Å². The van der Waals surface area contributed by atoms with E-state index in [1.165, 1.54) is 10.4 Å². The summed E-state index contributed by atoms with van der Waals surface area (Å²) in [6.07, 6.45) is 2.09. The Morgan fingerprint density at radius 2 is 2.06 bits per heavy atom. The zero-order valence-electron chi connectivity index (χ0n) is 17.4. The molecule has 0 radical (unpaired) electrons. The number of carbonyl (C=O) groups is 1. The van der Waals surface area contributed by atoms with Crippen LogP contribution < -0.4 is 15.4 Å². The minimum absolute atomic E-state index is 0.0125. The Kier molecular flexibility index (Phi) is 6.48. The molecule has 1 saturated heterocycles. The highest BCUT2D eigenvalue weighted by Gasteiger charge is 2.40. The van der Waals surface area contributed by atoms with Crippen LogP contribution in [0, 0.1) is 6.92 Å². The molecule has 1 fully saturated rings. The number of hydrogen-bond donors (Lipinski definition) is 2. The van der Waals surface area contributed by atoms with Crippen molar-refractivity contribution in [1.82, 2.24) is 15.2 Å². The number of anilines is 1. The summed E-state index contributed by atoms with van der Waals surface area (Å²) in [7, 11) is 1.59. The van der Waals surface area contributed by atoms with Crippen LogP contribution in [0.15, 0.2) is 60.1 Å². The molecule has 0 aliphatic carbocycles. The number of benzene rings is 1. The molecule has 4 rings (SSSR count). The van der Waals surface area contributed by atoms with Crippen LogP contribution >= 0.6 is 23.6 Å². The van der Waals surface area contributed by atoms with E-state index in [4.69, 9.17) is 17.0 Å². The molecule has 0 spiro atoms. The van der Waals surface area contributed by atoms with Crippen LogP contribution in [0.4, 0.5) is 5.69 Å². The molecule has 1 amide bonds. The van der Waals surface area contributed by atoms with Gasteiger partial charge in [0.25, 0.3) is 0 Å². The molecule has 0 saturated carbocycles. The normalized spacial score (nSPS) is 18.0. The fourth-order valence-corrected chi connectivity index (χ4v) is 5.21. The summed E-state index contributed by atoms with van der Waals surface area (Å²) in [5.41, 5.74) is 2.81. The van der Waals surface area contributed by atoms with Crippen LogP contribution in [0.2, 0.25) is 0 Å². The largest absolute Gasteiger partial charge is 0.495 e. The topological polar surface area (TPSA) is 66.5 Å². The van der Waals surface area contributed by atoms with Crippen molar-refractivity contribution in [2.24, 2.45) is 0 Å². The maximum absolute atomic E-state index is 12.7. The van der Waals surface area contributed by atoms with E-state index in [-0.39, 0.29) is 18.0 Å². The molecule has 31 heavy (non-hydrogen) atoms. The number of ether oxygens (including phenoxy) is 1. The lowest BCUT2D eigenvalue weighted by atomic mass is 10.0. The smallest absolute Gasteiger partial charge is 0.226 e. The van der Waals surface area contributed by atoms with Crippen molar-refractivity contribution >= 4 is 40.3 Å². The molecule has 2 aromatic heterocycles. The molecule has 0 unspecified atom stereocenters. The van der Waals surface area contributed by atoms with Gasteiger partial charge in [0.15, 0.2) is 5.11 Å². The Labute approximate surface area is 191 Å². The fraction of sp³-hybridized carbons (Fsp3) is 0.261. The lowest BCUT2D eigenvalue weighted by molar-refractivity contribution is -0.116. The van der Waals surface area contributed by atoms with Crippen molar-refractivity contribution in [1.29, 1.82) is 0 Å². The zero-order chi connectivity index (χ0) is 21.8. The van der Waals surface area contributed by atoms with Gasteiger partial charge in [-0.05, 0) is 60.4 Å².